The Morgan fingerprint density at radius 3 is 2.51 bits per heavy atom. The highest BCUT2D eigenvalue weighted by atomic mass is 16.5. The number of rotatable bonds is 8. The van der Waals surface area contributed by atoms with Gasteiger partial charge in [-0.1, -0.05) is 42.5 Å². The van der Waals surface area contributed by atoms with E-state index in [1.165, 1.54) is 16.3 Å². The quantitative estimate of drug-likeness (QED) is 0.248. The van der Waals surface area contributed by atoms with Crippen molar-refractivity contribution >= 4 is 28.3 Å². The first kappa shape index (κ1) is 24.4. The number of carboxylic acid groups (broad SMARTS) is 1. The number of aliphatic carboxylic acids is 1. The first-order valence-electron chi connectivity index (χ1n) is 12.5. The maximum atomic E-state index is 12.1. The molecule has 0 radical (unpaired) electrons. The number of aromatic hydroxyl groups is 1. The molecule has 4 aromatic rings. The lowest BCUT2D eigenvalue weighted by molar-refractivity contribution is -0.139. The average molecular weight is 496 g/mol. The summed E-state index contributed by atoms with van der Waals surface area (Å²) >= 11 is 0. The molecule has 0 aromatic heterocycles. The fourth-order valence-electron chi connectivity index (χ4n) is 5.21. The Balaban J connectivity index is 1.38. The van der Waals surface area contributed by atoms with Gasteiger partial charge in [0, 0.05) is 11.3 Å². The Kier molecular flexibility index (Phi) is 6.82. The fourth-order valence-corrected chi connectivity index (χ4v) is 5.21. The zero-order valence-electron chi connectivity index (χ0n) is 20.7. The number of fused-ring (bicyclic) bond motifs is 2. The first-order valence-corrected chi connectivity index (χ1v) is 12.5. The molecule has 1 aliphatic rings. The number of phenolic OH excluding ortho intramolecular Hbond substituents is 1. The van der Waals surface area contributed by atoms with E-state index in [1.807, 2.05) is 31.2 Å². The molecule has 0 aliphatic heterocycles. The summed E-state index contributed by atoms with van der Waals surface area (Å²) < 4.78 is 6.38. The molecule has 0 bridgehead atoms. The molecule has 0 saturated carbocycles. The molecule has 0 heterocycles. The van der Waals surface area contributed by atoms with Gasteiger partial charge in [-0.2, -0.15) is 0 Å². The maximum Gasteiger partial charge on any atom is 0.312 e. The van der Waals surface area contributed by atoms with E-state index in [-0.39, 0.29) is 5.75 Å². The molecule has 3 N–H and O–H groups in total. The van der Waals surface area contributed by atoms with Gasteiger partial charge in [0.2, 0.25) is 5.91 Å². The summed E-state index contributed by atoms with van der Waals surface area (Å²) in [5.41, 5.74) is 5.60. The van der Waals surface area contributed by atoms with Crippen LogP contribution in [0.25, 0.3) is 10.8 Å². The van der Waals surface area contributed by atoms with E-state index in [9.17, 15) is 14.7 Å². The van der Waals surface area contributed by atoms with Gasteiger partial charge in [-0.25, -0.2) is 0 Å². The summed E-state index contributed by atoms with van der Waals surface area (Å²) in [5.74, 6) is -0.0514. The van der Waals surface area contributed by atoms with Crippen LogP contribution in [0.1, 0.15) is 40.7 Å². The third kappa shape index (κ3) is 5.28. The smallest absolute Gasteiger partial charge is 0.312 e. The molecule has 4 aromatic carbocycles. The minimum Gasteiger partial charge on any atom is -0.508 e. The van der Waals surface area contributed by atoms with Gasteiger partial charge >= 0.3 is 5.97 Å². The predicted octanol–water partition coefficient (Wildman–Crippen LogP) is 6.33. The summed E-state index contributed by atoms with van der Waals surface area (Å²) in [6.07, 6.45) is 3.44. The monoisotopic (exact) mass is 495 g/mol. The summed E-state index contributed by atoms with van der Waals surface area (Å²) in [4.78, 5) is 23.0. The lowest BCUT2D eigenvalue weighted by Gasteiger charge is -2.18. The number of carboxylic acids is 1. The van der Waals surface area contributed by atoms with E-state index in [1.54, 1.807) is 12.1 Å². The molecular formula is C31H29NO5. The number of anilines is 1. The van der Waals surface area contributed by atoms with E-state index in [2.05, 4.69) is 35.6 Å². The van der Waals surface area contributed by atoms with Crippen molar-refractivity contribution in [3.8, 4) is 17.2 Å². The SMILES string of the molecule is Cc1cc(NC(=O)CC(=O)O)c2c(c1Oc1ccc(O)c(CCc3cccc4ccccc34)c1)CCC2. The first-order chi connectivity index (χ1) is 17.9. The van der Waals surface area contributed by atoms with Crippen molar-refractivity contribution in [1.82, 2.24) is 0 Å². The van der Waals surface area contributed by atoms with Crippen molar-refractivity contribution in [2.75, 3.05) is 5.32 Å². The Morgan fingerprint density at radius 2 is 1.68 bits per heavy atom. The van der Waals surface area contributed by atoms with Crippen LogP contribution >= 0.6 is 0 Å². The number of carbonyl (C=O) groups excluding carboxylic acids is 1. The maximum absolute atomic E-state index is 12.1. The summed E-state index contributed by atoms with van der Waals surface area (Å²) in [5, 5.41) is 24.6. The van der Waals surface area contributed by atoms with Crippen LogP contribution in [-0.4, -0.2) is 22.1 Å². The molecule has 1 amide bonds. The van der Waals surface area contributed by atoms with Crippen LogP contribution in [0.4, 0.5) is 5.69 Å². The predicted molar refractivity (Wildman–Crippen MR) is 144 cm³/mol. The molecule has 37 heavy (non-hydrogen) atoms. The molecule has 0 fully saturated rings. The van der Waals surface area contributed by atoms with Gasteiger partial charge in [0.25, 0.3) is 0 Å². The number of ether oxygens (including phenoxy) is 1. The fraction of sp³-hybridized carbons (Fsp3) is 0.226. The van der Waals surface area contributed by atoms with Crippen LogP contribution in [0.15, 0.2) is 66.7 Å². The highest BCUT2D eigenvalue weighted by molar-refractivity contribution is 6.02. The highest BCUT2D eigenvalue weighted by Gasteiger charge is 2.24. The van der Waals surface area contributed by atoms with Crippen LogP contribution in [0.5, 0.6) is 17.2 Å². The summed E-state index contributed by atoms with van der Waals surface area (Å²) in [7, 11) is 0. The Labute approximate surface area is 215 Å². The van der Waals surface area contributed by atoms with Crippen LogP contribution < -0.4 is 10.1 Å². The number of hydrogen-bond donors (Lipinski definition) is 3. The number of amides is 1. The number of carbonyl (C=O) groups is 2. The van der Waals surface area contributed by atoms with Crippen molar-refractivity contribution < 1.29 is 24.5 Å². The molecule has 0 atom stereocenters. The van der Waals surface area contributed by atoms with Crippen LogP contribution in [0.2, 0.25) is 0 Å². The van der Waals surface area contributed by atoms with E-state index < -0.39 is 18.3 Å². The van der Waals surface area contributed by atoms with Crippen LogP contribution in [0, 0.1) is 6.92 Å². The Morgan fingerprint density at radius 1 is 0.919 bits per heavy atom. The highest BCUT2D eigenvalue weighted by Crippen LogP contribution is 2.41. The summed E-state index contributed by atoms with van der Waals surface area (Å²) in [6.45, 7) is 1.92. The second-order valence-corrected chi connectivity index (χ2v) is 9.53. The zero-order valence-corrected chi connectivity index (χ0v) is 20.7. The standard InChI is InChI=1S/C31H29NO5/c1-19-16-27(32-29(34)18-30(35)36)25-10-5-11-26(25)31(19)37-23-14-15-28(33)22(17-23)13-12-21-8-4-7-20-6-2-3-9-24(20)21/h2-4,6-9,14-17,33H,5,10-13,18H2,1H3,(H,32,34)(H,35,36). The van der Waals surface area contributed by atoms with Gasteiger partial charge in [0.1, 0.15) is 23.7 Å². The number of phenols is 1. The molecule has 5 rings (SSSR count). The summed E-state index contributed by atoms with van der Waals surface area (Å²) in [6, 6.07) is 21.8. The van der Waals surface area contributed by atoms with Crippen molar-refractivity contribution in [3.63, 3.8) is 0 Å². The third-order valence-corrected chi connectivity index (χ3v) is 6.94. The van der Waals surface area contributed by atoms with Gasteiger partial charge in [-0.05, 0) is 96.3 Å². The topological polar surface area (TPSA) is 95.9 Å². The van der Waals surface area contributed by atoms with E-state index in [0.717, 1.165) is 53.7 Å². The van der Waals surface area contributed by atoms with Crippen molar-refractivity contribution in [2.45, 2.75) is 45.4 Å². The number of hydrogen-bond acceptors (Lipinski definition) is 4. The van der Waals surface area contributed by atoms with E-state index >= 15 is 0 Å². The molecule has 188 valence electrons. The second-order valence-electron chi connectivity index (χ2n) is 9.53. The average Bonchev–Trinajstić information content (AvgIpc) is 3.36. The van der Waals surface area contributed by atoms with Gasteiger partial charge < -0.3 is 20.3 Å². The van der Waals surface area contributed by atoms with Gasteiger partial charge in [-0.15, -0.1) is 0 Å². The van der Waals surface area contributed by atoms with Gasteiger partial charge in [-0.3, -0.25) is 9.59 Å². The molecule has 0 saturated heterocycles. The number of aryl methyl sites for hydroxylation is 3. The molecule has 0 unspecified atom stereocenters. The molecule has 6 heteroatoms. The van der Waals surface area contributed by atoms with Crippen LogP contribution in [-0.2, 0) is 35.3 Å². The third-order valence-electron chi connectivity index (χ3n) is 6.94. The van der Waals surface area contributed by atoms with Crippen LogP contribution in [0.3, 0.4) is 0 Å². The lowest BCUT2D eigenvalue weighted by atomic mass is 9.98. The van der Waals surface area contributed by atoms with E-state index in [0.29, 0.717) is 17.9 Å². The molecule has 6 nitrogen and oxygen atoms in total. The van der Waals surface area contributed by atoms with Gasteiger partial charge in [0.05, 0.1) is 0 Å². The molecular weight excluding hydrogens is 466 g/mol. The minimum absolute atomic E-state index is 0.242. The minimum atomic E-state index is -1.16. The normalized spacial score (nSPS) is 12.4. The number of benzene rings is 4. The molecule has 1 aliphatic carbocycles. The number of nitrogens with one attached hydrogen (secondary N) is 1. The van der Waals surface area contributed by atoms with Crippen molar-refractivity contribution in [2.24, 2.45) is 0 Å². The largest absolute Gasteiger partial charge is 0.508 e. The Bertz CT molecular complexity index is 1500. The zero-order chi connectivity index (χ0) is 25.9. The lowest BCUT2D eigenvalue weighted by Crippen LogP contribution is -2.17. The van der Waals surface area contributed by atoms with Crippen molar-refractivity contribution in [3.05, 3.63) is 94.5 Å². The van der Waals surface area contributed by atoms with Crippen molar-refractivity contribution in [1.29, 1.82) is 0 Å². The molecule has 0 spiro atoms. The van der Waals surface area contributed by atoms with E-state index in [4.69, 9.17) is 9.84 Å². The Hall–Kier alpha value is -4.32. The second kappa shape index (κ2) is 10.3. The van der Waals surface area contributed by atoms with Gasteiger partial charge in [0.15, 0.2) is 0 Å².